The highest BCUT2D eigenvalue weighted by atomic mass is 32.2. The number of aliphatic hydroxyl groups is 1. The van der Waals surface area contributed by atoms with Crippen LogP contribution >= 0.6 is 0 Å². The van der Waals surface area contributed by atoms with Crippen LogP contribution in [0.15, 0.2) is 0 Å². The largest absolute Gasteiger partial charge is 0.400 e. The standard InChI is InChI=1S/C4H10O4S.C3H6O3S.CH4O/c1-8-3-2-4-9(5,6)7;4-7(5)3-1-2-6-7;1-2/h2-4H2,1H3,(H,5,6,7);1-3H2;2H,1H3. The van der Waals surface area contributed by atoms with Gasteiger partial charge in [-0.15, -0.1) is 0 Å². The summed E-state index contributed by atoms with van der Waals surface area (Å²) in [7, 11) is -4.35. The Labute approximate surface area is 108 Å². The predicted molar refractivity (Wildman–Crippen MR) is 65.4 cm³/mol. The van der Waals surface area contributed by atoms with Crippen molar-refractivity contribution in [1.82, 2.24) is 0 Å². The molecule has 0 atom stereocenters. The fraction of sp³-hybridized carbons (Fsp3) is 1.00. The Morgan fingerprint density at radius 3 is 2.11 bits per heavy atom. The fourth-order valence-corrected chi connectivity index (χ4v) is 2.31. The monoisotopic (exact) mass is 308 g/mol. The minimum Gasteiger partial charge on any atom is -0.400 e. The maximum atomic E-state index is 10.2. The summed E-state index contributed by atoms with van der Waals surface area (Å²) in [6, 6.07) is 0. The highest BCUT2D eigenvalue weighted by Gasteiger charge is 2.16. The molecule has 0 aromatic heterocycles. The summed E-state index contributed by atoms with van der Waals surface area (Å²) in [4.78, 5) is 0. The molecular formula is C8H20O8S2. The number of rotatable bonds is 4. The Bertz CT molecular complexity index is 360. The van der Waals surface area contributed by atoms with Crippen LogP contribution in [0.5, 0.6) is 0 Å². The van der Waals surface area contributed by atoms with Crippen LogP contribution in [0.3, 0.4) is 0 Å². The maximum Gasteiger partial charge on any atom is 0.267 e. The van der Waals surface area contributed by atoms with Gasteiger partial charge in [-0.25, -0.2) is 0 Å². The zero-order chi connectivity index (χ0) is 14.7. The van der Waals surface area contributed by atoms with Gasteiger partial charge < -0.3 is 9.84 Å². The third-order valence-electron chi connectivity index (χ3n) is 1.55. The number of ether oxygens (including phenoxy) is 1. The lowest BCUT2D eigenvalue weighted by Crippen LogP contribution is -2.05. The topological polar surface area (TPSA) is 127 Å². The smallest absolute Gasteiger partial charge is 0.267 e. The van der Waals surface area contributed by atoms with Crippen LogP contribution in [0.4, 0.5) is 0 Å². The summed E-state index contributed by atoms with van der Waals surface area (Å²) >= 11 is 0. The molecule has 18 heavy (non-hydrogen) atoms. The minimum absolute atomic E-state index is 0.201. The summed E-state index contributed by atoms with van der Waals surface area (Å²) in [5.41, 5.74) is 0. The first-order valence-corrected chi connectivity index (χ1v) is 8.21. The van der Waals surface area contributed by atoms with E-state index in [1.165, 1.54) is 7.11 Å². The minimum atomic E-state index is -3.78. The Kier molecular flexibility index (Phi) is 11.9. The van der Waals surface area contributed by atoms with E-state index in [9.17, 15) is 16.8 Å². The molecule has 1 saturated heterocycles. The van der Waals surface area contributed by atoms with Crippen molar-refractivity contribution in [3.63, 3.8) is 0 Å². The van der Waals surface area contributed by atoms with Gasteiger partial charge in [0.15, 0.2) is 0 Å². The quantitative estimate of drug-likeness (QED) is 0.395. The van der Waals surface area contributed by atoms with Crippen LogP contribution in [-0.2, 0) is 29.2 Å². The molecule has 0 aromatic rings. The number of methoxy groups -OCH3 is 1. The fourth-order valence-electron chi connectivity index (χ4n) is 0.866. The third-order valence-corrected chi connectivity index (χ3v) is 3.67. The molecule has 2 N–H and O–H groups in total. The van der Waals surface area contributed by atoms with E-state index in [2.05, 4.69) is 8.92 Å². The van der Waals surface area contributed by atoms with Crippen molar-refractivity contribution in [1.29, 1.82) is 0 Å². The molecule has 0 aromatic carbocycles. The second kappa shape index (κ2) is 10.6. The summed E-state index contributed by atoms with van der Waals surface area (Å²) in [6.45, 7) is 0.738. The lowest BCUT2D eigenvalue weighted by molar-refractivity contribution is 0.199. The summed E-state index contributed by atoms with van der Waals surface area (Å²) < 4.78 is 57.5. The summed E-state index contributed by atoms with van der Waals surface area (Å²) in [5, 5.41) is 7.00. The first kappa shape index (κ1) is 20.1. The van der Waals surface area contributed by atoms with E-state index in [0.29, 0.717) is 26.1 Å². The Hall–Kier alpha value is -0.260. The average molecular weight is 308 g/mol. The van der Waals surface area contributed by atoms with Crippen LogP contribution in [0, 0.1) is 0 Å². The molecule has 8 nitrogen and oxygen atoms in total. The van der Waals surface area contributed by atoms with Gasteiger partial charge in [0.2, 0.25) is 0 Å². The molecule has 10 heteroatoms. The Morgan fingerprint density at radius 1 is 1.33 bits per heavy atom. The Balaban J connectivity index is 0. The van der Waals surface area contributed by atoms with Crippen LogP contribution in [-0.4, -0.2) is 65.4 Å². The molecule has 1 rings (SSSR count). The van der Waals surface area contributed by atoms with Gasteiger partial charge in [-0.05, 0) is 12.8 Å². The molecule has 0 saturated carbocycles. The van der Waals surface area contributed by atoms with Crippen molar-refractivity contribution in [3.05, 3.63) is 0 Å². The van der Waals surface area contributed by atoms with Gasteiger partial charge in [0.1, 0.15) is 0 Å². The molecule has 0 bridgehead atoms. The van der Waals surface area contributed by atoms with Crippen LogP contribution < -0.4 is 0 Å². The van der Waals surface area contributed by atoms with Gasteiger partial charge in [0, 0.05) is 20.8 Å². The maximum absolute atomic E-state index is 10.2. The molecule has 0 aliphatic carbocycles. The summed E-state index contributed by atoms with van der Waals surface area (Å²) in [5.74, 6) is -0.0200. The van der Waals surface area contributed by atoms with Gasteiger partial charge in [-0.2, -0.15) is 16.8 Å². The number of aliphatic hydroxyl groups excluding tert-OH is 1. The second-order valence-electron chi connectivity index (χ2n) is 3.07. The SMILES string of the molecule is CO.COCCCS(=O)(=O)O.O=S1(=O)CCCO1. The molecule has 0 amide bonds. The lowest BCUT2D eigenvalue weighted by Gasteiger charge is -1.94. The van der Waals surface area contributed by atoms with Crippen molar-refractivity contribution in [2.75, 3.05) is 38.9 Å². The molecular weight excluding hydrogens is 288 g/mol. The average Bonchev–Trinajstić information content (AvgIpc) is 2.66. The third kappa shape index (κ3) is 15.7. The van der Waals surface area contributed by atoms with E-state index in [4.69, 9.17) is 9.66 Å². The van der Waals surface area contributed by atoms with Crippen molar-refractivity contribution in [3.8, 4) is 0 Å². The van der Waals surface area contributed by atoms with Gasteiger partial charge in [-0.1, -0.05) is 0 Å². The molecule has 1 heterocycles. The second-order valence-corrected chi connectivity index (χ2v) is 6.40. The highest BCUT2D eigenvalue weighted by molar-refractivity contribution is 7.86. The van der Waals surface area contributed by atoms with Crippen molar-refractivity contribution >= 4 is 20.2 Å². The molecule has 0 unspecified atom stereocenters. The number of hydrogen-bond donors (Lipinski definition) is 2. The van der Waals surface area contributed by atoms with E-state index in [0.717, 1.165) is 7.11 Å². The van der Waals surface area contributed by atoms with Gasteiger partial charge in [0.05, 0.1) is 18.1 Å². The predicted octanol–water partition coefficient (Wildman–Crippen LogP) is -0.744. The summed E-state index contributed by atoms with van der Waals surface area (Å²) in [6.07, 6.45) is 0.998. The lowest BCUT2D eigenvalue weighted by atomic mass is 10.5. The molecule has 1 aliphatic heterocycles. The van der Waals surface area contributed by atoms with Gasteiger partial charge in [-0.3, -0.25) is 8.74 Å². The van der Waals surface area contributed by atoms with E-state index in [-0.39, 0.29) is 11.5 Å². The first-order valence-electron chi connectivity index (χ1n) is 5.03. The van der Waals surface area contributed by atoms with Crippen molar-refractivity contribution < 1.29 is 35.4 Å². The van der Waals surface area contributed by atoms with Crippen molar-refractivity contribution in [2.45, 2.75) is 12.8 Å². The zero-order valence-electron chi connectivity index (χ0n) is 10.4. The normalized spacial score (nSPS) is 17.1. The van der Waals surface area contributed by atoms with Crippen LogP contribution in [0.2, 0.25) is 0 Å². The highest BCUT2D eigenvalue weighted by Crippen LogP contribution is 2.04. The molecule has 112 valence electrons. The van der Waals surface area contributed by atoms with Crippen LogP contribution in [0.1, 0.15) is 12.8 Å². The van der Waals surface area contributed by atoms with E-state index in [1.807, 2.05) is 0 Å². The molecule has 0 spiro atoms. The van der Waals surface area contributed by atoms with Crippen molar-refractivity contribution in [2.24, 2.45) is 0 Å². The van der Waals surface area contributed by atoms with E-state index in [1.54, 1.807) is 0 Å². The zero-order valence-corrected chi connectivity index (χ0v) is 12.0. The number of hydrogen-bond acceptors (Lipinski definition) is 7. The molecule has 0 radical (unpaired) electrons. The molecule has 1 fully saturated rings. The van der Waals surface area contributed by atoms with Gasteiger partial charge in [0.25, 0.3) is 20.2 Å². The Morgan fingerprint density at radius 2 is 1.89 bits per heavy atom. The first-order chi connectivity index (χ1) is 8.27. The molecule has 1 aliphatic rings. The van der Waals surface area contributed by atoms with Gasteiger partial charge >= 0.3 is 0 Å². The van der Waals surface area contributed by atoms with Crippen LogP contribution in [0.25, 0.3) is 0 Å². The van der Waals surface area contributed by atoms with E-state index < -0.39 is 20.2 Å². The van der Waals surface area contributed by atoms with E-state index >= 15 is 0 Å².